The summed E-state index contributed by atoms with van der Waals surface area (Å²) in [5, 5.41) is 20.3. The number of phenolic OH excluding ortho intramolecular Hbond substituents is 1. The number of hydrogen-bond acceptors (Lipinski definition) is 4. The monoisotopic (exact) mass is 491 g/mol. The van der Waals surface area contributed by atoms with Crippen LogP contribution < -0.4 is 4.90 Å². The van der Waals surface area contributed by atoms with E-state index in [1.165, 1.54) is 16.5 Å². The molecule has 1 aliphatic heterocycles. The highest BCUT2D eigenvalue weighted by Gasteiger charge is 2.73. The third kappa shape index (κ3) is 2.76. The number of carboxylic acid groups (broad SMARTS) is 1. The molecule has 4 fully saturated rings. The zero-order valence-electron chi connectivity index (χ0n) is 21.7. The lowest BCUT2D eigenvalue weighted by Gasteiger charge is -2.68. The molecule has 6 nitrogen and oxygen atoms in total. The maximum Gasteiger partial charge on any atom is 0.309 e. The highest BCUT2D eigenvalue weighted by Crippen LogP contribution is 2.74. The molecular formula is C30H37NO5. The van der Waals surface area contributed by atoms with Gasteiger partial charge in [-0.15, -0.1) is 0 Å². The first-order valence-electron chi connectivity index (χ1n) is 13.6. The molecule has 192 valence electrons. The largest absolute Gasteiger partial charge is 0.508 e. The number of fused-ring (bicyclic) bond motifs is 1. The van der Waals surface area contributed by atoms with Gasteiger partial charge >= 0.3 is 5.97 Å². The number of amides is 2. The Morgan fingerprint density at radius 1 is 1.08 bits per heavy atom. The van der Waals surface area contributed by atoms with Crippen molar-refractivity contribution in [2.24, 2.45) is 51.8 Å². The average molecular weight is 492 g/mol. The Hall–Kier alpha value is -2.63. The summed E-state index contributed by atoms with van der Waals surface area (Å²) in [4.78, 5) is 42.0. The van der Waals surface area contributed by atoms with Crippen LogP contribution in [0.25, 0.3) is 0 Å². The molecule has 0 radical (unpaired) electrons. The molecule has 2 bridgehead atoms. The van der Waals surface area contributed by atoms with Gasteiger partial charge in [0.2, 0.25) is 11.8 Å². The van der Waals surface area contributed by atoms with E-state index in [0.717, 1.165) is 32.1 Å². The van der Waals surface area contributed by atoms with Crippen molar-refractivity contribution in [3.05, 3.63) is 35.9 Å². The normalized spacial score (nSPS) is 43.2. The Kier molecular flexibility index (Phi) is 4.92. The summed E-state index contributed by atoms with van der Waals surface area (Å²) in [6.07, 6.45) is 7.30. The van der Waals surface area contributed by atoms with Gasteiger partial charge in [-0.2, -0.15) is 0 Å². The number of hydrogen-bond donors (Lipinski definition) is 2. The summed E-state index contributed by atoms with van der Waals surface area (Å²) in [5.41, 5.74) is 0.366. The van der Waals surface area contributed by atoms with Gasteiger partial charge in [-0.1, -0.05) is 44.9 Å². The van der Waals surface area contributed by atoms with Crippen LogP contribution in [0.2, 0.25) is 0 Å². The Morgan fingerprint density at radius 2 is 1.83 bits per heavy atom. The number of imide groups is 1. The minimum absolute atomic E-state index is 0.00535. The SMILES string of the molecule is CC(C)C1=C[C@@]23CC[C@H]4[C@@](C)(CCC[C@]4(C)C(=O)O)[C@@H]2C[C@@H]1[C@@H]1C(=O)N(c2cccc(O)c2)C(=O)[C@@H]13. The lowest BCUT2D eigenvalue weighted by molar-refractivity contribution is -0.194. The molecule has 36 heavy (non-hydrogen) atoms. The number of anilines is 1. The van der Waals surface area contributed by atoms with Gasteiger partial charge < -0.3 is 10.2 Å². The van der Waals surface area contributed by atoms with Crippen molar-refractivity contribution >= 4 is 23.5 Å². The standard InChI is InChI=1S/C30H37NO5/c1-16(2)20-15-30-12-9-21-28(3,10-6-11-29(21,4)27(35)36)22(30)14-19(20)23-24(30)26(34)31(25(23)33)17-7-5-8-18(32)13-17/h5,7-8,13,15-16,19,21-24,32H,6,9-12,14H2,1-4H3,(H,35,36)/t19-,21-,22-,23-,24+,28+,29-,30-/m0/s1. The van der Waals surface area contributed by atoms with Gasteiger partial charge in [-0.25, -0.2) is 4.90 Å². The number of carbonyl (C=O) groups is 3. The predicted octanol–water partition coefficient (Wildman–Crippen LogP) is 5.41. The number of nitrogens with zero attached hydrogens (tertiary/aromatic N) is 1. The second kappa shape index (κ2) is 7.45. The fourth-order valence-corrected chi connectivity index (χ4v) is 9.84. The molecule has 2 amide bonds. The Morgan fingerprint density at radius 3 is 2.50 bits per heavy atom. The molecule has 7 rings (SSSR count). The van der Waals surface area contributed by atoms with E-state index in [9.17, 15) is 24.6 Å². The lowest BCUT2D eigenvalue weighted by Crippen LogP contribution is -2.65. The van der Waals surface area contributed by atoms with Crippen LogP contribution in [-0.2, 0) is 14.4 Å². The molecule has 5 aliphatic carbocycles. The van der Waals surface area contributed by atoms with Gasteiger partial charge in [0.05, 0.1) is 22.9 Å². The molecule has 2 N–H and O–H groups in total. The van der Waals surface area contributed by atoms with Crippen LogP contribution in [-0.4, -0.2) is 28.0 Å². The van der Waals surface area contributed by atoms with Crippen molar-refractivity contribution < 1.29 is 24.6 Å². The van der Waals surface area contributed by atoms with Gasteiger partial charge in [0.15, 0.2) is 0 Å². The highest BCUT2D eigenvalue weighted by atomic mass is 16.4. The number of rotatable bonds is 3. The van der Waals surface area contributed by atoms with Crippen molar-refractivity contribution in [3.8, 4) is 5.75 Å². The van der Waals surface area contributed by atoms with E-state index in [-0.39, 0.29) is 52.6 Å². The molecule has 6 aliphatic rings. The zero-order valence-corrected chi connectivity index (χ0v) is 21.7. The molecule has 6 heteroatoms. The van der Waals surface area contributed by atoms with E-state index < -0.39 is 22.7 Å². The van der Waals surface area contributed by atoms with Gasteiger partial charge in [0.1, 0.15) is 5.75 Å². The zero-order chi connectivity index (χ0) is 25.8. The predicted molar refractivity (Wildman–Crippen MR) is 135 cm³/mol. The first-order valence-corrected chi connectivity index (χ1v) is 13.6. The van der Waals surface area contributed by atoms with Crippen LogP contribution in [0.5, 0.6) is 5.75 Å². The quantitative estimate of drug-likeness (QED) is 0.436. The third-order valence-corrected chi connectivity index (χ3v) is 11.2. The van der Waals surface area contributed by atoms with E-state index in [2.05, 4.69) is 26.8 Å². The molecule has 1 heterocycles. The first kappa shape index (κ1) is 23.7. The smallest absolute Gasteiger partial charge is 0.309 e. The number of aromatic hydroxyl groups is 1. The second-order valence-corrected chi connectivity index (χ2v) is 13.0. The molecule has 1 aromatic carbocycles. The number of benzene rings is 1. The number of phenols is 1. The molecule has 0 aromatic heterocycles. The summed E-state index contributed by atoms with van der Waals surface area (Å²) in [7, 11) is 0. The lowest BCUT2D eigenvalue weighted by atomic mass is 9.34. The average Bonchev–Trinajstić information content (AvgIpc) is 3.10. The fourth-order valence-electron chi connectivity index (χ4n) is 9.84. The summed E-state index contributed by atoms with van der Waals surface area (Å²) in [5.74, 6) is -1.24. The molecule has 1 saturated heterocycles. The number of carbonyl (C=O) groups excluding carboxylic acids is 2. The molecule has 8 atom stereocenters. The minimum atomic E-state index is -0.752. The Bertz CT molecular complexity index is 1200. The summed E-state index contributed by atoms with van der Waals surface area (Å²) in [6.45, 7) is 8.58. The molecule has 1 aromatic rings. The molecule has 0 unspecified atom stereocenters. The number of allylic oxidation sites excluding steroid dienone is 2. The van der Waals surface area contributed by atoms with Gasteiger partial charge in [-0.3, -0.25) is 14.4 Å². The second-order valence-electron chi connectivity index (χ2n) is 13.0. The van der Waals surface area contributed by atoms with Crippen LogP contribution in [0.3, 0.4) is 0 Å². The molecular weight excluding hydrogens is 454 g/mol. The van der Waals surface area contributed by atoms with Gasteiger partial charge in [-0.05, 0) is 80.2 Å². The van der Waals surface area contributed by atoms with Crippen molar-refractivity contribution in [1.82, 2.24) is 0 Å². The highest BCUT2D eigenvalue weighted by molar-refractivity contribution is 6.23. The van der Waals surface area contributed by atoms with Crippen LogP contribution in [0.4, 0.5) is 5.69 Å². The summed E-state index contributed by atoms with van der Waals surface area (Å²) in [6, 6.07) is 6.43. The third-order valence-electron chi connectivity index (χ3n) is 11.2. The van der Waals surface area contributed by atoms with E-state index >= 15 is 0 Å². The van der Waals surface area contributed by atoms with E-state index in [0.29, 0.717) is 12.1 Å². The fraction of sp³-hybridized carbons (Fsp3) is 0.633. The maximum atomic E-state index is 14.2. The van der Waals surface area contributed by atoms with Crippen molar-refractivity contribution in [2.75, 3.05) is 4.90 Å². The van der Waals surface area contributed by atoms with Gasteiger partial charge in [0.25, 0.3) is 0 Å². The topological polar surface area (TPSA) is 94.9 Å². The van der Waals surface area contributed by atoms with E-state index in [1.54, 1.807) is 18.2 Å². The van der Waals surface area contributed by atoms with Crippen LogP contribution in [0.15, 0.2) is 35.9 Å². The molecule has 1 spiro atoms. The Balaban J connectivity index is 1.50. The van der Waals surface area contributed by atoms with E-state index in [1.807, 2.05) is 6.92 Å². The summed E-state index contributed by atoms with van der Waals surface area (Å²) >= 11 is 0. The Labute approximate surface area is 212 Å². The van der Waals surface area contributed by atoms with Crippen molar-refractivity contribution in [3.63, 3.8) is 0 Å². The first-order chi connectivity index (χ1) is 17.0. The van der Waals surface area contributed by atoms with E-state index in [4.69, 9.17) is 0 Å². The van der Waals surface area contributed by atoms with Crippen molar-refractivity contribution in [2.45, 2.75) is 66.2 Å². The van der Waals surface area contributed by atoms with Crippen molar-refractivity contribution in [1.29, 1.82) is 0 Å². The maximum absolute atomic E-state index is 14.2. The van der Waals surface area contributed by atoms with Crippen LogP contribution >= 0.6 is 0 Å². The summed E-state index contributed by atoms with van der Waals surface area (Å²) < 4.78 is 0. The van der Waals surface area contributed by atoms with Gasteiger partial charge in [0, 0.05) is 11.5 Å². The van der Waals surface area contributed by atoms with Crippen LogP contribution in [0.1, 0.15) is 66.2 Å². The molecule has 3 saturated carbocycles. The number of carboxylic acids is 1. The number of aliphatic carboxylic acids is 1. The minimum Gasteiger partial charge on any atom is -0.508 e. The van der Waals surface area contributed by atoms with Crippen LogP contribution in [0, 0.1) is 51.8 Å².